The Hall–Kier alpha value is -1.03. The molecule has 0 bridgehead atoms. The first-order valence-corrected chi connectivity index (χ1v) is 5.35. The van der Waals surface area contributed by atoms with E-state index in [2.05, 4.69) is 25.9 Å². The third-order valence-electron chi connectivity index (χ3n) is 2.11. The Kier molecular flexibility index (Phi) is 2.72. The molecule has 0 aliphatic carbocycles. The van der Waals surface area contributed by atoms with E-state index in [-0.39, 0.29) is 4.83 Å². The summed E-state index contributed by atoms with van der Waals surface area (Å²) in [6.07, 6.45) is 6.09. The van der Waals surface area contributed by atoms with Gasteiger partial charge in [-0.2, -0.15) is 0 Å². The van der Waals surface area contributed by atoms with Gasteiger partial charge in [0.25, 0.3) is 0 Å². The van der Waals surface area contributed by atoms with Crippen LogP contribution in [0, 0.1) is 6.92 Å². The first kappa shape index (κ1) is 9.52. The van der Waals surface area contributed by atoms with E-state index < -0.39 is 0 Å². The smallest absolute Gasteiger partial charge is 0.120 e. The van der Waals surface area contributed by atoms with Crippen molar-refractivity contribution in [3.8, 4) is 0 Å². The van der Waals surface area contributed by atoms with Crippen LogP contribution in [-0.2, 0) is 6.42 Å². The van der Waals surface area contributed by atoms with Gasteiger partial charge in [0.15, 0.2) is 0 Å². The minimum atomic E-state index is 0.184. The Morgan fingerprint density at radius 3 is 3.07 bits per heavy atom. The van der Waals surface area contributed by atoms with Gasteiger partial charge >= 0.3 is 0 Å². The van der Waals surface area contributed by atoms with E-state index >= 15 is 0 Å². The predicted molar refractivity (Wildman–Crippen MR) is 57.4 cm³/mol. The molecule has 14 heavy (non-hydrogen) atoms. The van der Waals surface area contributed by atoms with Gasteiger partial charge in [-0.05, 0) is 18.6 Å². The molecule has 0 saturated carbocycles. The van der Waals surface area contributed by atoms with Gasteiger partial charge < -0.3 is 9.40 Å². The number of nitrogens with one attached hydrogen (secondary N) is 1. The number of alkyl halides is 1. The maximum Gasteiger partial charge on any atom is 0.120 e. The molecule has 3 nitrogen and oxygen atoms in total. The molecule has 2 heterocycles. The molecule has 0 aliphatic rings. The summed E-state index contributed by atoms with van der Waals surface area (Å²) < 4.78 is 5.39. The number of halogens is 1. The van der Waals surface area contributed by atoms with Gasteiger partial charge in [0.05, 0.1) is 11.1 Å². The Morgan fingerprint density at radius 2 is 2.50 bits per heavy atom. The summed E-state index contributed by atoms with van der Waals surface area (Å²) in [7, 11) is 0. The van der Waals surface area contributed by atoms with Crippen LogP contribution in [0.25, 0.3) is 0 Å². The van der Waals surface area contributed by atoms with Gasteiger partial charge in [0.2, 0.25) is 0 Å². The monoisotopic (exact) mass is 254 g/mol. The third kappa shape index (κ3) is 1.90. The van der Waals surface area contributed by atoms with Crippen LogP contribution in [0.3, 0.4) is 0 Å². The van der Waals surface area contributed by atoms with E-state index in [1.807, 2.05) is 19.2 Å². The van der Waals surface area contributed by atoms with Crippen molar-refractivity contribution in [2.24, 2.45) is 0 Å². The molecule has 0 amide bonds. The van der Waals surface area contributed by atoms with Crippen molar-refractivity contribution in [1.29, 1.82) is 0 Å². The summed E-state index contributed by atoms with van der Waals surface area (Å²) in [5.41, 5.74) is 1.17. The topological polar surface area (TPSA) is 41.8 Å². The van der Waals surface area contributed by atoms with Gasteiger partial charge in [0.1, 0.15) is 11.6 Å². The first-order valence-electron chi connectivity index (χ1n) is 4.43. The number of aryl methyl sites for hydroxylation is 1. The van der Waals surface area contributed by atoms with Crippen LogP contribution in [0.5, 0.6) is 0 Å². The highest BCUT2D eigenvalue weighted by Crippen LogP contribution is 2.28. The van der Waals surface area contributed by atoms with Gasteiger partial charge in [-0.1, -0.05) is 15.9 Å². The Labute approximate surface area is 90.7 Å². The summed E-state index contributed by atoms with van der Waals surface area (Å²) in [5, 5.41) is 0. The molecule has 0 aromatic carbocycles. The van der Waals surface area contributed by atoms with Crippen molar-refractivity contribution in [1.82, 2.24) is 9.97 Å². The zero-order valence-corrected chi connectivity index (χ0v) is 9.41. The molecule has 1 unspecified atom stereocenters. The van der Waals surface area contributed by atoms with Gasteiger partial charge in [-0.15, -0.1) is 0 Å². The second-order valence-corrected chi connectivity index (χ2v) is 4.28. The number of hydrogen-bond donors (Lipinski definition) is 1. The molecule has 74 valence electrons. The van der Waals surface area contributed by atoms with Crippen molar-refractivity contribution >= 4 is 15.9 Å². The molecule has 2 aromatic rings. The standard InChI is InChI=1S/C10H11BrN2O/c1-7-2-5-14-10(7)8(11)6-9-12-3-4-13-9/h2-5,8H,6H2,1H3,(H,12,13). The van der Waals surface area contributed by atoms with Crippen LogP contribution in [0.2, 0.25) is 0 Å². The summed E-state index contributed by atoms with van der Waals surface area (Å²) in [4.78, 5) is 7.42. The van der Waals surface area contributed by atoms with Crippen molar-refractivity contribution in [3.05, 3.63) is 41.9 Å². The molecular weight excluding hydrogens is 244 g/mol. The van der Waals surface area contributed by atoms with E-state index in [1.54, 1.807) is 12.5 Å². The summed E-state index contributed by atoms with van der Waals surface area (Å²) >= 11 is 3.58. The molecule has 0 aliphatic heterocycles. The Bertz CT molecular complexity index is 394. The molecular formula is C10H11BrN2O. The molecule has 4 heteroatoms. The maximum atomic E-state index is 5.39. The largest absolute Gasteiger partial charge is 0.468 e. The lowest BCUT2D eigenvalue weighted by Gasteiger charge is -2.05. The number of furan rings is 1. The molecule has 1 atom stereocenters. The zero-order valence-electron chi connectivity index (χ0n) is 7.83. The van der Waals surface area contributed by atoms with Crippen molar-refractivity contribution in [2.45, 2.75) is 18.2 Å². The first-order chi connectivity index (χ1) is 6.77. The average Bonchev–Trinajstić information content (AvgIpc) is 2.75. The molecule has 0 fully saturated rings. The van der Waals surface area contributed by atoms with E-state index in [9.17, 15) is 0 Å². The highest BCUT2D eigenvalue weighted by molar-refractivity contribution is 9.09. The van der Waals surface area contributed by atoms with Crippen molar-refractivity contribution < 1.29 is 4.42 Å². The Balaban J connectivity index is 2.10. The van der Waals surface area contributed by atoms with Crippen LogP contribution in [-0.4, -0.2) is 9.97 Å². The maximum absolute atomic E-state index is 5.39. The number of aromatic amines is 1. The quantitative estimate of drug-likeness (QED) is 0.856. The molecule has 2 rings (SSSR count). The van der Waals surface area contributed by atoms with E-state index in [1.165, 1.54) is 5.56 Å². The van der Waals surface area contributed by atoms with Gasteiger partial charge in [-0.25, -0.2) is 4.98 Å². The fraction of sp³-hybridized carbons (Fsp3) is 0.300. The molecule has 0 spiro atoms. The number of hydrogen-bond acceptors (Lipinski definition) is 2. The fourth-order valence-corrected chi connectivity index (χ4v) is 2.15. The Morgan fingerprint density at radius 1 is 1.64 bits per heavy atom. The SMILES string of the molecule is Cc1ccoc1C(Br)Cc1ncc[nH]1. The normalized spacial score (nSPS) is 13.0. The average molecular weight is 255 g/mol. The summed E-state index contributed by atoms with van der Waals surface area (Å²) in [6.45, 7) is 2.04. The predicted octanol–water partition coefficient (Wildman–Crippen LogP) is 2.99. The second-order valence-electron chi connectivity index (χ2n) is 3.18. The third-order valence-corrected chi connectivity index (χ3v) is 2.85. The lowest BCUT2D eigenvalue weighted by atomic mass is 10.2. The minimum absolute atomic E-state index is 0.184. The highest BCUT2D eigenvalue weighted by Gasteiger charge is 2.15. The minimum Gasteiger partial charge on any atom is -0.468 e. The summed E-state index contributed by atoms with van der Waals surface area (Å²) in [6, 6.07) is 1.96. The summed E-state index contributed by atoms with van der Waals surface area (Å²) in [5.74, 6) is 1.93. The number of imidazole rings is 1. The van der Waals surface area contributed by atoms with Crippen LogP contribution < -0.4 is 0 Å². The molecule has 0 radical (unpaired) electrons. The van der Waals surface area contributed by atoms with E-state index in [4.69, 9.17) is 4.42 Å². The van der Waals surface area contributed by atoms with Gasteiger partial charge in [-0.3, -0.25) is 0 Å². The molecule has 2 aromatic heterocycles. The second kappa shape index (κ2) is 4.00. The number of aromatic nitrogens is 2. The van der Waals surface area contributed by atoms with Crippen LogP contribution in [0.4, 0.5) is 0 Å². The lowest BCUT2D eigenvalue weighted by molar-refractivity contribution is 0.502. The van der Waals surface area contributed by atoms with Crippen LogP contribution in [0.1, 0.15) is 22.0 Å². The molecule has 1 N–H and O–H groups in total. The number of nitrogens with zero attached hydrogens (tertiary/aromatic N) is 1. The lowest BCUT2D eigenvalue weighted by Crippen LogP contribution is -1.97. The van der Waals surface area contributed by atoms with E-state index in [0.29, 0.717) is 0 Å². The van der Waals surface area contributed by atoms with Crippen LogP contribution >= 0.6 is 15.9 Å². The van der Waals surface area contributed by atoms with E-state index in [0.717, 1.165) is 18.0 Å². The molecule has 0 saturated heterocycles. The number of rotatable bonds is 3. The zero-order chi connectivity index (χ0) is 9.97. The fourth-order valence-electron chi connectivity index (χ4n) is 1.38. The van der Waals surface area contributed by atoms with Crippen molar-refractivity contribution in [3.63, 3.8) is 0 Å². The highest BCUT2D eigenvalue weighted by atomic mass is 79.9. The van der Waals surface area contributed by atoms with Crippen molar-refractivity contribution in [2.75, 3.05) is 0 Å². The van der Waals surface area contributed by atoms with Gasteiger partial charge in [0, 0.05) is 18.8 Å². The van der Waals surface area contributed by atoms with Crippen LogP contribution in [0.15, 0.2) is 29.1 Å². The number of H-pyrrole nitrogens is 1.